The van der Waals surface area contributed by atoms with Crippen LogP contribution in [0.25, 0.3) is 0 Å². The number of carbonyl (C=O) groups excluding carboxylic acids is 1. The smallest absolute Gasteiger partial charge is 0.322 e. The highest BCUT2D eigenvalue weighted by Crippen LogP contribution is 2.39. The standard InChI is InChI=1S/C8H10BrN3O2/c9-4-3-6(13)10-8-12-11-7(14-8)5-1-2-5/h5H,1-4H2,(H,10,12,13). The summed E-state index contributed by atoms with van der Waals surface area (Å²) in [5, 5.41) is 10.7. The lowest BCUT2D eigenvalue weighted by atomic mass is 10.4. The van der Waals surface area contributed by atoms with Gasteiger partial charge in [0.05, 0.1) is 0 Å². The zero-order chi connectivity index (χ0) is 9.97. The Morgan fingerprint density at radius 2 is 2.36 bits per heavy atom. The predicted molar refractivity (Wildman–Crippen MR) is 53.3 cm³/mol. The fourth-order valence-corrected chi connectivity index (χ4v) is 1.41. The van der Waals surface area contributed by atoms with E-state index in [1.807, 2.05) is 0 Å². The highest BCUT2D eigenvalue weighted by Gasteiger charge is 2.29. The van der Waals surface area contributed by atoms with Crippen LogP contribution in [0.15, 0.2) is 4.42 Å². The number of carbonyl (C=O) groups is 1. The largest absolute Gasteiger partial charge is 0.408 e. The van der Waals surface area contributed by atoms with Crippen molar-refractivity contribution in [2.24, 2.45) is 0 Å². The van der Waals surface area contributed by atoms with Gasteiger partial charge >= 0.3 is 6.01 Å². The molecule has 1 N–H and O–H groups in total. The van der Waals surface area contributed by atoms with E-state index in [1.54, 1.807) is 0 Å². The van der Waals surface area contributed by atoms with Gasteiger partial charge in [0.1, 0.15) is 0 Å². The lowest BCUT2D eigenvalue weighted by Gasteiger charge is -1.95. The van der Waals surface area contributed by atoms with Gasteiger partial charge in [-0.1, -0.05) is 21.0 Å². The molecule has 1 heterocycles. The first kappa shape index (κ1) is 9.64. The maximum absolute atomic E-state index is 11.1. The predicted octanol–water partition coefficient (Wildman–Crippen LogP) is 1.67. The van der Waals surface area contributed by atoms with Crippen molar-refractivity contribution in [1.82, 2.24) is 10.2 Å². The van der Waals surface area contributed by atoms with Crippen LogP contribution in [0.5, 0.6) is 0 Å². The molecule has 1 fully saturated rings. The number of hydrogen-bond acceptors (Lipinski definition) is 4. The molecule has 0 atom stereocenters. The SMILES string of the molecule is O=C(CCBr)Nc1nnc(C2CC2)o1. The lowest BCUT2D eigenvalue weighted by molar-refractivity contribution is -0.115. The number of nitrogens with zero attached hydrogens (tertiary/aromatic N) is 2. The number of anilines is 1. The molecule has 0 radical (unpaired) electrons. The van der Waals surface area contributed by atoms with E-state index in [-0.39, 0.29) is 11.9 Å². The molecule has 0 aliphatic heterocycles. The van der Waals surface area contributed by atoms with E-state index >= 15 is 0 Å². The Bertz CT molecular complexity index is 335. The summed E-state index contributed by atoms with van der Waals surface area (Å²) < 4.78 is 5.26. The van der Waals surface area contributed by atoms with Crippen LogP contribution in [-0.4, -0.2) is 21.4 Å². The summed E-state index contributed by atoms with van der Waals surface area (Å²) in [7, 11) is 0. The molecule has 14 heavy (non-hydrogen) atoms. The molecule has 1 aromatic rings. The number of alkyl halides is 1. The Hall–Kier alpha value is -0.910. The summed E-state index contributed by atoms with van der Waals surface area (Å²) in [6, 6.07) is 0.206. The molecule has 1 saturated carbocycles. The third-order valence-electron chi connectivity index (χ3n) is 1.94. The molecular formula is C8H10BrN3O2. The van der Waals surface area contributed by atoms with Gasteiger partial charge in [-0.25, -0.2) is 0 Å². The van der Waals surface area contributed by atoms with Gasteiger partial charge in [-0.2, -0.15) is 0 Å². The van der Waals surface area contributed by atoms with Gasteiger partial charge in [0.15, 0.2) is 0 Å². The van der Waals surface area contributed by atoms with Gasteiger partial charge in [0.25, 0.3) is 0 Å². The fourth-order valence-electron chi connectivity index (χ4n) is 1.05. The topological polar surface area (TPSA) is 68.0 Å². The second-order valence-corrected chi connectivity index (χ2v) is 4.00. The molecule has 0 bridgehead atoms. The maximum atomic E-state index is 11.1. The summed E-state index contributed by atoms with van der Waals surface area (Å²) in [6.45, 7) is 0. The quantitative estimate of drug-likeness (QED) is 0.836. The zero-order valence-corrected chi connectivity index (χ0v) is 9.08. The Kier molecular flexibility index (Phi) is 2.81. The van der Waals surface area contributed by atoms with Crippen LogP contribution in [0.4, 0.5) is 6.01 Å². The van der Waals surface area contributed by atoms with Gasteiger partial charge in [0, 0.05) is 17.7 Å². The number of nitrogens with one attached hydrogen (secondary N) is 1. The monoisotopic (exact) mass is 259 g/mol. The van der Waals surface area contributed by atoms with Crippen molar-refractivity contribution < 1.29 is 9.21 Å². The van der Waals surface area contributed by atoms with E-state index in [2.05, 4.69) is 31.4 Å². The molecule has 76 valence electrons. The summed E-state index contributed by atoms with van der Waals surface area (Å²) in [6.07, 6.45) is 2.62. The van der Waals surface area contributed by atoms with Crippen LogP contribution in [0.2, 0.25) is 0 Å². The molecule has 5 nitrogen and oxygen atoms in total. The molecule has 6 heteroatoms. The van der Waals surface area contributed by atoms with Crippen LogP contribution in [-0.2, 0) is 4.79 Å². The van der Waals surface area contributed by atoms with Gasteiger partial charge in [-0.3, -0.25) is 10.1 Å². The Labute approximate surface area is 89.4 Å². The van der Waals surface area contributed by atoms with Crippen molar-refractivity contribution >= 4 is 27.9 Å². The highest BCUT2D eigenvalue weighted by atomic mass is 79.9. The van der Waals surface area contributed by atoms with Crippen molar-refractivity contribution in [1.29, 1.82) is 0 Å². The Balaban J connectivity index is 1.92. The van der Waals surface area contributed by atoms with Crippen molar-refractivity contribution in [3.05, 3.63) is 5.89 Å². The fraction of sp³-hybridized carbons (Fsp3) is 0.625. The first-order chi connectivity index (χ1) is 6.79. The Morgan fingerprint density at radius 1 is 1.57 bits per heavy atom. The number of halogens is 1. The normalized spacial score (nSPS) is 15.5. The van der Waals surface area contributed by atoms with Crippen molar-refractivity contribution in [3.63, 3.8) is 0 Å². The van der Waals surface area contributed by atoms with E-state index in [4.69, 9.17) is 4.42 Å². The van der Waals surface area contributed by atoms with Crippen molar-refractivity contribution in [2.75, 3.05) is 10.6 Å². The lowest BCUT2D eigenvalue weighted by Crippen LogP contribution is -2.11. The highest BCUT2D eigenvalue weighted by molar-refractivity contribution is 9.09. The third-order valence-corrected chi connectivity index (χ3v) is 2.33. The molecular weight excluding hydrogens is 250 g/mol. The van der Waals surface area contributed by atoms with Gasteiger partial charge in [0.2, 0.25) is 11.8 Å². The molecule has 0 saturated heterocycles. The molecule has 1 aromatic heterocycles. The molecule has 2 rings (SSSR count). The minimum absolute atomic E-state index is 0.118. The average Bonchev–Trinajstić information content (AvgIpc) is 2.89. The van der Waals surface area contributed by atoms with Gasteiger partial charge < -0.3 is 4.42 Å². The second-order valence-electron chi connectivity index (χ2n) is 3.21. The van der Waals surface area contributed by atoms with E-state index < -0.39 is 0 Å². The zero-order valence-electron chi connectivity index (χ0n) is 7.49. The number of aromatic nitrogens is 2. The third kappa shape index (κ3) is 2.31. The number of rotatable bonds is 4. The Morgan fingerprint density at radius 3 is 3.00 bits per heavy atom. The molecule has 0 unspecified atom stereocenters. The molecule has 1 amide bonds. The minimum Gasteiger partial charge on any atom is -0.408 e. The van der Waals surface area contributed by atoms with E-state index in [1.165, 1.54) is 0 Å². The summed E-state index contributed by atoms with van der Waals surface area (Å²) in [5.74, 6) is 0.941. The van der Waals surface area contributed by atoms with Crippen LogP contribution in [0.1, 0.15) is 31.1 Å². The molecule has 1 aliphatic carbocycles. The van der Waals surface area contributed by atoms with Crippen LogP contribution in [0.3, 0.4) is 0 Å². The maximum Gasteiger partial charge on any atom is 0.322 e. The van der Waals surface area contributed by atoms with E-state index in [0.717, 1.165) is 12.8 Å². The van der Waals surface area contributed by atoms with Gasteiger partial charge in [-0.15, -0.1) is 5.10 Å². The first-order valence-electron chi connectivity index (χ1n) is 4.49. The average molecular weight is 260 g/mol. The van der Waals surface area contributed by atoms with Gasteiger partial charge in [-0.05, 0) is 12.8 Å². The van der Waals surface area contributed by atoms with Crippen molar-refractivity contribution in [3.8, 4) is 0 Å². The molecule has 0 spiro atoms. The number of hydrogen-bond donors (Lipinski definition) is 1. The molecule has 1 aliphatic rings. The van der Waals surface area contributed by atoms with Crippen LogP contribution in [0, 0.1) is 0 Å². The molecule has 0 aromatic carbocycles. The summed E-state index contributed by atoms with van der Waals surface area (Å²) in [5.41, 5.74) is 0. The first-order valence-corrected chi connectivity index (χ1v) is 5.61. The van der Waals surface area contributed by atoms with Crippen molar-refractivity contribution in [2.45, 2.75) is 25.2 Å². The van der Waals surface area contributed by atoms with E-state index in [9.17, 15) is 4.79 Å². The van der Waals surface area contributed by atoms with Crippen LogP contribution >= 0.6 is 15.9 Å². The second kappa shape index (κ2) is 4.08. The van der Waals surface area contributed by atoms with Crippen LogP contribution < -0.4 is 5.32 Å². The summed E-state index contributed by atoms with van der Waals surface area (Å²) in [4.78, 5) is 11.1. The minimum atomic E-state index is -0.118. The number of amides is 1. The summed E-state index contributed by atoms with van der Waals surface area (Å²) >= 11 is 3.17. The van der Waals surface area contributed by atoms with E-state index in [0.29, 0.717) is 23.6 Å².